The summed E-state index contributed by atoms with van der Waals surface area (Å²) in [5.41, 5.74) is 0.451. The van der Waals surface area contributed by atoms with Crippen LogP contribution in [0.1, 0.15) is 32.8 Å². The number of alkyl carbamates (subject to hydrolysis) is 1. The molecule has 0 aliphatic rings. The number of carbonyl (C=O) groups excluding carboxylic acids is 1. The smallest absolute Gasteiger partial charge is 0.407 e. The molecule has 0 fully saturated rings. The molecule has 0 atom stereocenters. The number of amides is 1. The van der Waals surface area contributed by atoms with E-state index in [-0.39, 0.29) is 0 Å². The molecular weight excluding hydrogens is 282 g/mol. The molecule has 0 aliphatic heterocycles. The van der Waals surface area contributed by atoms with Crippen LogP contribution in [0, 0.1) is 0 Å². The lowest BCUT2D eigenvalue weighted by Gasteiger charge is -2.19. The summed E-state index contributed by atoms with van der Waals surface area (Å²) < 4.78 is 15.7. The fourth-order valence-electron chi connectivity index (χ4n) is 1.75. The van der Waals surface area contributed by atoms with Crippen LogP contribution in [0.2, 0.25) is 0 Å². The lowest BCUT2D eigenvalue weighted by Crippen LogP contribution is -2.32. The van der Waals surface area contributed by atoms with Crippen molar-refractivity contribution in [2.45, 2.75) is 32.8 Å². The second-order valence-corrected chi connectivity index (χ2v) is 5.73. The van der Waals surface area contributed by atoms with Crippen LogP contribution in [-0.2, 0) is 4.74 Å². The van der Waals surface area contributed by atoms with Gasteiger partial charge in [0.2, 0.25) is 0 Å². The Labute approximate surface area is 132 Å². The van der Waals surface area contributed by atoms with Gasteiger partial charge in [-0.3, -0.25) is 0 Å². The molecule has 22 heavy (non-hydrogen) atoms. The molecule has 0 aliphatic carbocycles. The first kappa shape index (κ1) is 17.9. The first-order chi connectivity index (χ1) is 10.4. The SMILES string of the molecule is COc1ccc(OC)c(C=CCCNC(=O)OC(C)(C)C)c1. The highest BCUT2D eigenvalue weighted by atomic mass is 16.6. The summed E-state index contributed by atoms with van der Waals surface area (Å²) in [5.74, 6) is 1.55. The van der Waals surface area contributed by atoms with E-state index in [0.717, 1.165) is 17.1 Å². The maximum absolute atomic E-state index is 11.5. The van der Waals surface area contributed by atoms with Gasteiger partial charge in [-0.1, -0.05) is 12.2 Å². The van der Waals surface area contributed by atoms with Gasteiger partial charge in [-0.15, -0.1) is 0 Å². The van der Waals surface area contributed by atoms with Crippen LogP contribution in [0.4, 0.5) is 4.79 Å². The highest BCUT2D eigenvalue weighted by Crippen LogP contribution is 2.25. The number of ether oxygens (including phenoxy) is 3. The maximum Gasteiger partial charge on any atom is 0.407 e. The molecule has 5 heteroatoms. The maximum atomic E-state index is 11.5. The second kappa shape index (κ2) is 8.32. The normalized spacial score (nSPS) is 11.3. The molecule has 0 saturated heterocycles. The zero-order chi connectivity index (χ0) is 16.6. The summed E-state index contributed by atoms with van der Waals surface area (Å²) in [5, 5.41) is 2.71. The van der Waals surface area contributed by atoms with Crippen molar-refractivity contribution < 1.29 is 19.0 Å². The van der Waals surface area contributed by atoms with Crippen LogP contribution in [0.3, 0.4) is 0 Å². The topological polar surface area (TPSA) is 56.8 Å². The molecule has 1 aromatic carbocycles. The average molecular weight is 307 g/mol. The van der Waals surface area contributed by atoms with Gasteiger partial charge in [0.05, 0.1) is 14.2 Å². The number of nitrogens with one attached hydrogen (secondary N) is 1. The molecule has 0 spiro atoms. The summed E-state index contributed by atoms with van der Waals surface area (Å²) in [7, 11) is 3.25. The van der Waals surface area contributed by atoms with Gasteiger partial charge < -0.3 is 19.5 Å². The molecule has 0 heterocycles. The molecule has 5 nitrogen and oxygen atoms in total. The quantitative estimate of drug-likeness (QED) is 0.815. The van der Waals surface area contributed by atoms with E-state index in [9.17, 15) is 4.79 Å². The van der Waals surface area contributed by atoms with E-state index in [1.807, 2.05) is 51.1 Å². The predicted octanol–water partition coefficient (Wildman–Crippen LogP) is 3.63. The van der Waals surface area contributed by atoms with Gasteiger partial charge in [-0.2, -0.15) is 0 Å². The van der Waals surface area contributed by atoms with Crippen molar-refractivity contribution in [1.82, 2.24) is 5.32 Å². The molecule has 1 amide bonds. The number of benzene rings is 1. The van der Waals surface area contributed by atoms with E-state index in [4.69, 9.17) is 14.2 Å². The molecule has 122 valence electrons. The molecule has 0 saturated carbocycles. The van der Waals surface area contributed by atoms with Crippen LogP contribution in [-0.4, -0.2) is 32.5 Å². The van der Waals surface area contributed by atoms with Crippen molar-refractivity contribution in [3.05, 3.63) is 29.8 Å². The Morgan fingerprint density at radius 2 is 1.95 bits per heavy atom. The zero-order valence-electron chi connectivity index (χ0n) is 13.9. The zero-order valence-corrected chi connectivity index (χ0v) is 13.9. The minimum Gasteiger partial charge on any atom is -0.497 e. The number of methoxy groups -OCH3 is 2. The van der Waals surface area contributed by atoms with Crippen LogP contribution >= 0.6 is 0 Å². The highest BCUT2D eigenvalue weighted by molar-refractivity contribution is 5.67. The highest BCUT2D eigenvalue weighted by Gasteiger charge is 2.15. The molecule has 0 radical (unpaired) electrons. The minimum atomic E-state index is -0.478. The Bertz CT molecular complexity index is 518. The summed E-state index contributed by atoms with van der Waals surface area (Å²) in [6.45, 7) is 6.02. The molecule has 0 bridgehead atoms. The van der Waals surface area contributed by atoms with Crippen molar-refractivity contribution in [1.29, 1.82) is 0 Å². The summed E-state index contributed by atoms with van der Waals surface area (Å²) in [6, 6.07) is 5.61. The van der Waals surface area contributed by atoms with Crippen LogP contribution < -0.4 is 14.8 Å². The van der Waals surface area contributed by atoms with Crippen LogP contribution in [0.5, 0.6) is 11.5 Å². The second-order valence-electron chi connectivity index (χ2n) is 5.73. The van der Waals surface area contributed by atoms with Gasteiger partial charge in [-0.05, 0) is 45.4 Å². The fourth-order valence-corrected chi connectivity index (χ4v) is 1.75. The standard InChI is InChI=1S/C17H25NO4/c1-17(2,3)22-16(19)18-11-7-6-8-13-12-14(20-4)9-10-15(13)21-5/h6,8-10,12H,7,11H2,1-5H3,(H,18,19). The molecule has 1 rings (SSSR count). The number of hydrogen-bond donors (Lipinski definition) is 1. The summed E-state index contributed by atoms with van der Waals surface area (Å²) in [4.78, 5) is 11.5. The molecule has 1 aromatic rings. The van der Waals surface area contributed by atoms with E-state index < -0.39 is 11.7 Å². The largest absolute Gasteiger partial charge is 0.497 e. The monoisotopic (exact) mass is 307 g/mol. The summed E-state index contributed by atoms with van der Waals surface area (Å²) in [6.07, 6.45) is 4.20. The Kier molecular flexibility index (Phi) is 6.76. The van der Waals surface area contributed by atoms with Gasteiger partial charge in [0.25, 0.3) is 0 Å². The van der Waals surface area contributed by atoms with Crippen molar-refractivity contribution in [2.24, 2.45) is 0 Å². The average Bonchev–Trinajstić information content (AvgIpc) is 2.44. The third kappa shape index (κ3) is 6.52. The van der Waals surface area contributed by atoms with E-state index in [0.29, 0.717) is 13.0 Å². The molecule has 0 unspecified atom stereocenters. The summed E-state index contributed by atoms with van der Waals surface area (Å²) >= 11 is 0. The van der Waals surface area contributed by atoms with Crippen molar-refractivity contribution in [3.63, 3.8) is 0 Å². The van der Waals surface area contributed by atoms with E-state index >= 15 is 0 Å². The number of rotatable bonds is 6. The Hall–Kier alpha value is -2.17. The van der Waals surface area contributed by atoms with Crippen molar-refractivity contribution in [3.8, 4) is 11.5 Å². The van der Waals surface area contributed by atoms with Gasteiger partial charge in [0.15, 0.2) is 0 Å². The fraction of sp³-hybridized carbons (Fsp3) is 0.471. The first-order valence-corrected chi connectivity index (χ1v) is 7.21. The van der Waals surface area contributed by atoms with E-state index in [1.54, 1.807) is 14.2 Å². The van der Waals surface area contributed by atoms with Gasteiger partial charge >= 0.3 is 6.09 Å². The van der Waals surface area contributed by atoms with Crippen LogP contribution in [0.15, 0.2) is 24.3 Å². The minimum absolute atomic E-state index is 0.403. The lowest BCUT2D eigenvalue weighted by molar-refractivity contribution is 0.0529. The van der Waals surface area contributed by atoms with Crippen molar-refractivity contribution >= 4 is 12.2 Å². The molecule has 0 aromatic heterocycles. The van der Waals surface area contributed by atoms with Gasteiger partial charge in [-0.25, -0.2) is 4.79 Å². The van der Waals surface area contributed by atoms with E-state index in [1.165, 1.54) is 0 Å². The lowest BCUT2D eigenvalue weighted by atomic mass is 10.1. The van der Waals surface area contributed by atoms with Gasteiger partial charge in [0.1, 0.15) is 17.1 Å². The van der Waals surface area contributed by atoms with E-state index in [2.05, 4.69) is 5.32 Å². The van der Waals surface area contributed by atoms with Crippen LogP contribution in [0.25, 0.3) is 6.08 Å². The first-order valence-electron chi connectivity index (χ1n) is 7.21. The van der Waals surface area contributed by atoms with Gasteiger partial charge in [0, 0.05) is 12.1 Å². The van der Waals surface area contributed by atoms with Crippen molar-refractivity contribution in [2.75, 3.05) is 20.8 Å². The third-order valence-electron chi connectivity index (χ3n) is 2.71. The Balaban J connectivity index is 2.48. The predicted molar refractivity (Wildman–Crippen MR) is 87.4 cm³/mol. The third-order valence-corrected chi connectivity index (χ3v) is 2.71. The molecular formula is C17H25NO4. The molecule has 1 N–H and O–H groups in total. The Morgan fingerprint density at radius 3 is 2.55 bits per heavy atom. The number of hydrogen-bond acceptors (Lipinski definition) is 4. The number of carbonyl (C=O) groups is 1. The Morgan fingerprint density at radius 1 is 1.23 bits per heavy atom.